The average Bonchev–Trinajstić information content (AvgIpc) is 3.40. The van der Waals surface area contributed by atoms with Gasteiger partial charge in [-0.2, -0.15) is 0 Å². The van der Waals surface area contributed by atoms with E-state index in [9.17, 15) is 9.59 Å². The molecule has 172 valence electrons. The summed E-state index contributed by atoms with van der Waals surface area (Å²) in [5.41, 5.74) is 3.32. The molecule has 1 saturated heterocycles. The molecule has 1 atom stereocenters. The zero-order chi connectivity index (χ0) is 23.5. The third-order valence-corrected chi connectivity index (χ3v) is 7.11. The first-order valence-electron chi connectivity index (χ1n) is 10.8. The van der Waals surface area contributed by atoms with Gasteiger partial charge in [-0.15, -0.1) is 10.2 Å². The summed E-state index contributed by atoms with van der Waals surface area (Å²) in [7, 11) is 1.88. The highest BCUT2D eigenvalue weighted by Crippen LogP contribution is 2.33. The Kier molecular flexibility index (Phi) is 7.05. The van der Waals surface area contributed by atoms with Crippen molar-refractivity contribution in [3.63, 3.8) is 0 Å². The summed E-state index contributed by atoms with van der Waals surface area (Å²) in [6.45, 7) is 4.54. The second-order valence-corrected chi connectivity index (χ2v) is 9.55. The van der Waals surface area contributed by atoms with Gasteiger partial charge in [0.05, 0.1) is 11.8 Å². The summed E-state index contributed by atoms with van der Waals surface area (Å²) in [5, 5.41) is 12.9. The molecule has 4 rings (SSSR count). The Morgan fingerprint density at radius 2 is 1.94 bits per heavy atom. The van der Waals surface area contributed by atoms with Crippen LogP contribution < -0.4 is 5.32 Å². The van der Waals surface area contributed by atoms with Gasteiger partial charge in [-0.25, -0.2) is 0 Å². The van der Waals surface area contributed by atoms with Gasteiger partial charge < -0.3 is 14.8 Å². The van der Waals surface area contributed by atoms with Gasteiger partial charge in [0, 0.05) is 29.9 Å². The second kappa shape index (κ2) is 9.97. The van der Waals surface area contributed by atoms with Crippen LogP contribution in [0.5, 0.6) is 0 Å². The number of anilines is 1. The van der Waals surface area contributed by atoms with Crippen LogP contribution in [0.25, 0.3) is 0 Å². The minimum Gasteiger partial charge on any atom is -0.328 e. The highest BCUT2D eigenvalue weighted by molar-refractivity contribution is 7.99. The van der Waals surface area contributed by atoms with E-state index in [2.05, 4.69) is 15.5 Å². The number of hydrogen-bond donors (Lipinski definition) is 1. The topological polar surface area (TPSA) is 80.1 Å². The number of halogens is 1. The lowest BCUT2D eigenvalue weighted by atomic mass is 10.1. The number of rotatable bonds is 6. The Balaban J connectivity index is 1.43. The van der Waals surface area contributed by atoms with Gasteiger partial charge in [0.1, 0.15) is 0 Å². The third kappa shape index (κ3) is 5.07. The van der Waals surface area contributed by atoms with Crippen LogP contribution >= 0.6 is 23.4 Å². The third-order valence-electron chi connectivity index (χ3n) is 5.85. The van der Waals surface area contributed by atoms with Gasteiger partial charge in [0.25, 0.3) is 5.91 Å². The van der Waals surface area contributed by atoms with Crippen LogP contribution in [0.4, 0.5) is 5.69 Å². The lowest BCUT2D eigenvalue weighted by molar-refractivity contribution is -0.113. The van der Waals surface area contributed by atoms with E-state index < -0.39 is 0 Å². The smallest absolute Gasteiger partial charge is 0.254 e. The summed E-state index contributed by atoms with van der Waals surface area (Å²) in [4.78, 5) is 27.5. The van der Waals surface area contributed by atoms with Gasteiger partial charge in [0.15, 0.2) is 11.0 Å². The van der Waals surface area contributed by atoms with Gasteiger partial charge in [-0.3, -0.25) is 9.59 Å². The average molecular weight is 484 g/mol. The predicted molar refractivity (Wildman–Crippen MR) is 131 cm³/mol. The standard InChI is InChI=1S/C24H26ClN5O2S/c1-15-7-4-5-8-18(15)23(32)30-12-6-9-20(30)22-27-28-24(29(22)3)33-14-21(31)26-19-11-10-17(25)13-16(19)2/h4-5,7-8,10-11,13,20H,6,9,12,14H2,1-3H3,(H,26,31). The maximum Gasteiger partial charge on any atom is 0.254 e. The number of hydrogen-bond acceptors (Lipinski definition) is 5. The van der Waals surface area contributed by atoms with E-state index in [0.29, 0.717) is 16.7 Å². The first kappa shape index (κ1) is 23.3. The molecular weight excluding hydrogens is 458 g/mol. The molecule has 2 heterocycles. The van der Waals surface area contributed by atoms with Crippen molar-refractivity contribution in [3.05, 3.63) is 70.0 Å². The first-order chi connectivity index (χ1) is 15.8. The number of carbonyl (C=O) groups is 2. The summed E-state index contributed by atoms with van der Waals surface area (Å²) in [6.07, 6.45) is 1.76. The fourth-order valence-corrected chi connectivity index (χ4v) is 5.02. The molecule has 1 aliphatic rings. The molecule has 1 N–H and O–H groups in total. The first-order valence-corrected chi connectivity index (χ1v) is 12.2. The predicted octanol–water partition coefficient (Wildman–Crippen LogP) is 4.79. The Labute approximate surface area is 202 Å². The largest absolute Gasteiger partial charge is 0.328 e. The zero-order valence-electron chi connectivity index (χ0n) is 18.8. The second-order valence-electron chi connectivity index (χ2n) is 8.17. The van der Waals surface area contributed by atoms with E-state index >= 15 is 0 Å². The molecule has 9 heteroatoms. The number of aromatic nitrogens is 3. The SMILES string of the molecule is Cc1cc(Cl)ccc1NC(=O)CSc1nnc(C2CCCN2C(=O)c2ccccc2C)n1C. The van der Waals surface area contributed by atoms with Crippen molar-refractivity contribution in [1.82, 2.24) is 19.7 Å². The molecule has 0 aliphatic carbocycles. The van der Waals surface area contributed by atoms with Crippen molar-refractivity contribution in [1.29, 1.82) is 0 Å². The molecule has 0 spiro atoms. The summed E-state index contributed by atoms with van der Waals surface area (Å²) >= 11 is 7.30. The van der Waals surface area contributed by atoms with Crippen LogP contribution in [0.15, 0.2) is 47.6 Å². The molecule has 2 amide bonds. The number of nitrogens with zero attached hydrogens (tertiary/aromatic N) is 4. The van der Waals surface area contributed by atoms with E-state index in [1.165, 1.54) is 11.8 Å². The lowest BCUT2D eigenvalue weighted by Gasteiger charge is -2.24. The van der Waals surface area contributed by atoms with Crippen LogP contribution in [-0.4, -0.2) is 43.8 Å². The molecule has 1 aliphatic heterocycles. The van der Waals surface area contributed by atoms with Gasteiger partial charge in [0.2, 0.25) is 5.91 Å². The fourth-order valence-electron chi connectivity index (χ4n) is 4.07. The summed E-state index contributed by atoms with van der Waals surface area (Å²) in [6, 6.07) is 12.9. The van der Waals surface area contributed by atoms with Crippen LogP contribution in [0.2, 0.25) is 5.02 Å². The van der Waals surface area contributed by atoms with E-state index in [1.54, 1.807) is 12.1 Å². The Morgan fingerprint density at radius 3 is 2.70 bits per heavy atom. The van der Waals surface area contributed by atoms with E-state index in [4.69, 9.17) is 11.6 Å². The molecule has 0 saturated carbocycles. The van der Waals surface area contributed by atoms with E-state index in [-0.39, 0.29) is 23.6 Å². The number of likely N-dealkylation sites (tertiary alicyclic amines) is 1. The minimum atomic E-state index is -0.132. The summed E-state index contributed by atoms with van der Waals surface area (Å²) < 4.78 is 1.89. The van der Waals surface area contributed by atoms with Gasteiger partial charge >= 0.3 is 0 Å². The Morgan fingerprint density at radius 1 is 1.15 bits per heavy atom. The quantitative estimate of drug-likeness (QED) is 0.510. The normalized spacial score (nSPS) is 15.6. The molecule has 1 aromatic heterocycles. The molecule has 1 unspecified atom stereocenters. The highest BCUT2D eigenvalue weighted by atomic mass is 35.5. The molecule has 0 bridgehead atoms. The van der Waals surface area contributed by atoms with Crippen LogP contribution in [0.1, 0.15) is 46.2 Å². The van der Waals surface area contributed by atoms with Crippen molar-refractivity contribution >= 4 is 40.9 Å². The maximum absolute atomic E-state index is 13.2. The van der Waals surface area contributed by atoms with Crippen LogP contribution in [0.3, 0.4) is 0 Å². The van der Waals surface area contributed by atoms with Crippen LogP contribution in [0, 0.1) is 13.8 Å². The van der Waals surface area contributed by atoms with Gasteiger partial charge in [-0.1, -0.05) is 41.6 Å². The molecular formula is C24H26ClN5O2S. The molecule has 33 heavy (non-hydrogen) atoms. The van der Waals surface area contributed by atoms with E-state index in [1.807, 2.05) is 60.7 Å². The van der Waals surface area contributed by atoms with Crippen molar-refractivity contribution in [2.75, 3.05) is 17.6 Å². The zero-order valence-corrected chi connectivity index (χ0v) is 20.4. The fraction of sp³-hybridized carbons (Fsp3) is 0.333. The molecule has 2 aromatic carbocycles. The monoisotopic (exact) mass is 483 g/mol. The number of nitrogens with one attached hydrogen (secondary N) is 1. The molecule has 0 radical (unpaired) electrons. The van der Waals surface area contributed by atoms with Crippen molar-refractivity contribution in [2.45, 2.75) is 37.9 Å². The van der Waals surface area contributed by atoms with Gasteiger partial charge in [-0.05, 0) is 62.1 Å². The van der Waals surface area contributed by atoms with Crippen LogP contribution in [-0.2, 0) is 11.8 Å². The van der Waals surface area contributed by atoms with E-state index in [0.717, 1.165) is 41.0 Å². The minimum absolute atomic E-state index is 0.0190. The molecule has 3 aromatic rings. The number of amides is 2. The number of carbonyl (C=O) groups excluding carboxylic acids is 2. The Bertz CT molecular complexity index is 1200. The van der Waals surface area contributed by atoms with Crippen molar-refractivity contribution < 1.29 is 9.59 Å². The molecule has 7 nitrogen and oxygen atoms in total. The number of aryl methyl sites for hydroxylation is 2. The maximum atomic E-state index is 13.2. The lowest BCUT2D eigenvalue weighted by Crippen LogP contribution is -2.32. The Hall–Kier alpha value is -2.84. The highest BCUT2D eigenvalue weighted by Gasteiger charge is 2.34. The number of thioether (sulfide) groups is 1. The van der Waals surface area contributed by atoms with Crippen molar-refractivity contribution in [3.8, 4) is 0 Å². The summed E-state index contributed by atoms with van der Waals surface area (Å²) in [5.74, 6) is 0.827. The molecule has 1 fully saturated rings. The number of benzene rings is 2. The van der Waals surface area contributed by atoms with Crippen molar-refractivity contribution in [2.24, 2.45) is 7.05 Å².